The first-order chi connectivity index (χ1) is 7.95. The van der Waals surface area contributed by atoms with Crippen molar-refractivity contribution in [1.29, 1.82) is 0 Å². The van der Waals surface area contributed by atoms with Crippen molar-refractivity contribution in [2.24, 2.45) is 5.92 Å². The molecular formula is C13H19BrN2O. The predicted molar refractivity (Wildman–Crippen MR) is 75.0 cm³/mol. The second kappa shape index (κ2) is 6.05. The van der Waals surface area contributed by atoms with Gasteiger partial charge in [-0.05, 0) is 47.0 Å². The molecule has 0 saturated carbocycles. The molecule has 0 fully saturated rings. The molecule has 0 bridgehead atoms. The van der Waals surface area contributed by atoms with Crippen molar-refractivity contribution in [1.82, 2.24) is 4.90 Å². The van der Waals surface area contributed by atoms with E-state index in [2.05, 4.69) is 29.8 Å². The molecule has 1 rings (SSSR count). The van der Waals surface area contributed by atoms with Gasteiger partial charge in [0.25, 0.3) is 5.91 Å². The Balaban J connectivity index is 2.90. The summed E-state index contributed by atoms with van der Waals surface area (Å²) in [5.74, 6) is 0.507. The van der Waals surface area contributed by atoms with Crippen LogP contribution in [0.5, 0.6) is 0 Å². The summed E-state index contributed by atoms with van der Waals surface area (Å²) in [6.07, 6.45) is 0. The molecule has 0 spiro atoms. The van der Waals surface area contributed by atoms with Gasteiger partial charge < -0.3 is 10.6 Å². The highest BCUT2D eigenvalue weighted by Gasteiger charge is 2.15. The average Bonchev–Trinajstić information content (AvgIpc) is 2.28. The standard InChI is InChI=1S/C13H19BrN2O/c1-4-16(8-9(2)3)13(17)10-5-6-11(14)12(15)7-10/h5-7,9H,4,8,15H2,1-3H3. The number of nitrogens with two attached hydrogens (primary N) is 1. The number of carbonyl (C=O) groups is 1. The van der Waals surface area contributed by atoms with Crippen LogP contribution in [0, 0.1) is 5.92 Å². The minimum absolute atomic E-state index is 0.0420. The number of benzene rings is 1. The first-order valence-corrected chi connectivity index (χ1v) is 6.59. The van der Waals surface area contributed by atoms with Crippen LogP contribution < -0.4 is 5.73 Å². The van der Waals surface area contributed by atoms with Crippen LogP contribution in [0.1, 0.15) is 31.1 Å². The van der Waals surface area contributed by atoms with E-state index < -0.39 is 0 Å². The number of hydrogen-bond donors (Lipinski definition) is 1. The summed E-state index contributed by atoms with van der Waals surface area (Å²) in [5, 5.41) is 0. The van der Waals surface area contributed by atoms with Crippen LogP contribution >= 0.6 is 15.9 Å². The number of rotatable bonds is 4. The first-order valence-electron chi connectivity index (χ1n) is 5.80. The molecule has 0 aliphatic heterocycles. The van der Waals surface area contributed by atoms with E-state index in [1.807, 2.05) is 17.9 Å². The van der Waals surface area contributed by atoms with Crippen LogP contribution in [0.15, 0.2) is 22.7 Å². The number of nitrogens with zero attached hydrogens (tertiary/aromatic N) is 1. The maximum atomic E-state index is 12.2. The second-order valence-electron chi connectivity index (χ2n) is 4.47. The highest BCUT2D eigenvalue weighted by atomic mass is 79.9. The van der Waals surface area contributed by atoms with Gasteiger partial charge in [-0.1, -0.05) is 13.8 Å². The highest BCUT2D eigenvalue weighted by molar-refractivity contribution is 9.10. The van der Waals surface area contributed by atoms with Crippen LogP contribution in [-0.2, 0) is 0 Å². The summed E-state index contributed by atoms with van der Waals surface area (Å²) in [4.78, 5) is 14.1. The maximum absolute atomic E-state index is 12.2. The van der Waals surface area contributed by atoms with E-state index in [1.54, 1.807) is 12.1 Å². The fraction of sp³-hybridized carbons (Fsp3) is 0.462. The van der Waals surface area contributed by atoms with Crippen molar-refractivity contribution >= 4 is 27.5 Å². The molecule has 1 aromatic carbocycles. The Bertz CT molecular complexity index is 404. The Hall–Kier alpha value is -1.03. The van der Waals surface area contributed by atoms with Gasteiger partial charge in [0.05, 0.1) is 0 Å². The van der Waals surface area contributed by atoms with Crippen LogP contribution in [0.2, 0.25) is 0 Å². The lowest BCUT2D eigenvalue weighted by molar-refractivity contribution is 0.0746. The Morgan fingerprint density at radius 2 is 2.12 bits per heavy atom. The van der Waals surface area contributed by atoms with Gasteiger partial charge in [0, 0.05) is 28.8 Å². The molecule has 0 atom stereocenters. The van der Waals surface area contributed by atoms with Gasteiger partial charge in [0.1, 0.15) is 0 Å². The predicted octanol–water partition coefficient (Wildman–Crippen LogP) is 3.15. The van der Waals surface area contributed by atoms with E-state index in [0.717, 1.165) is 11.0 Å². The quantitative estimate of drug-likeness (QED) is 0.868. The lowest BCUT2D eigenvalue weighted by Gasteiger charge is -2.23. The molecule has 2 N–H and O–H groups in total. The average molecular weight is 299 g/mol. The normalized spacial score (nSPS) is 10.6. The number of anilines is 1. The maximum Gasteiger partial charge on any atom is 0.253 e. The zero-order chi connectivity index (χ0) is 13.0. The van der Waals surface area contributed by atoms with E-state index in [-0.39, 0.29) is 5.91 Å². The molecule has 0 saturated heterocycles. The van der Waals surface area contributed by atoms with Crippen molar-refractivity contribution in [3.8, 4) is 0 Å². The largest absolute Gasteiger partial charge is 0.398 e. The van der Waals surface area contributed by atoms with Crippen molar-refractivity contribution in [2.75, 3.05) is 18.8 Å². The summed E-state index contributed by atoms with van der Waals surface area (Å²) in [7, 11) is 0. The lowest BCUT2D eigenvalue weighted by atomic mass is 10.1. The van der Waals surface area contributed by atoms with Crippen molar-refractivity contribution in [3.05, 3.63) is 28.2 Å². The van der Waals surface area contributed by atoms with Crippen molar-refractivity contribution in [3.63, 3.8) is 0 Å². The number of amides is 1. The van der Waals surface area contributed by atoms with Crippen LogP contribution in [-0.4, -0.2) is 23.9 Å². The van der Waals surface area contributed by atoms with E-state index in [0.29, 0.717) is 23.7 Å². The van der Waals surface area contributed by atoms with Gasteiger partial charge in [-0.3, -0.25) is 4.79 Å². The molecule has 0 aromatic heterocycles. The Kier molecular flexibility index (Phi) is 5.00. The molecule has 0 heterocycles. The van der Waals surface area contributed by atoms with E-state index in [4.69, 9.17) is 5.73 Å². The van der Waals surface area contributed by atoms with Gasteiger partial charge in [0.2, 0.25) is 0 Å². The summed E-state index contributed by atoms with van der Waals surface area (Å²) in [6.45, 7) is 7.68. The molecule has 94 valence electrons. The number of nitrogen functional groups attached to an aromatic ring is 1. The molecule has 1 amide bonds. The third-order valence-electron chi connectivity index (χ3n) is 2.50. The summed E-state index contributed by atoms with van der Waals surface area (Å²) < 4.78 is 0.820. The van der Waals surface area contributed by atoms with E-state index >= 15 is 0 Å². The fourth-order valence-corrected chi connectivity index (χ4v) is 1.90. The molecule has 4 heteroatoms. The zero-order valence-electron chi connectivity index (χ0n) is 10.5. The summed E-state index contributed by atoms with van der Waals surface area (Å²) in [5.41, 5.74) is 7.02. The van der Waals surface area contributed by atoms with Gasteiger partial charge in [-0.25, -0.2) is 0 Å². The molecule has 0 aliphatic carbocycles. The first kappa shape index (κ1) is 14.0. The SMILES string of the molecule is CCN(CC(C)C)C(=O)c1ccc(Br)c(N)c1. The zero-order valence-corrected chi connectivity index (χ0v) is 12.1. The molecule has 17 heavy (non-hydrogen) atoms. The Morgan fingerprint density at radius 3 is 2.59 bits per heavy atom. The molecule has 0 radical (unpaired) electrons. The third-order valence-corrected chi connectivity index (χ3v) is 3.22. The van der Waals surface area contributed by atoms with Gasteiger partial charge >= 0.3 is 0 Å². The van der Waals surface area contributed by atoms with E-state index in [9.17, 15) is 4.79 Å². The van der Waals surface area contributed by atoms with Crippen LogP contribution in [0.4, 0.5) is 5.69 Å². The van der Waals surface area contributed by atoms with Crippen LogP contribution in [0.25, 0.3) is 0 Å². The van der Waals surface area contributed by atoms with Gasteiger partial charge in [-0.2, -0.15) is 0 Å². The summed E-state index contributed by atoms with van der Waals surface area (Å²) >= 11 is 3.32. The Labute approximate surface area is 111 Å². The van der Waals surface area contributed by atoms with Crippen LogP contribution in [0.3, 0.4) is 0 Å². The number of hydrogen-bond acceptors (Lipinski definition) is 2. The third kappa shape index (κ3) is 3.73. The van der Waals surface area contributed by atoms with E-state index in [1.165, 1.54) is 0 Å². The highest BCUT2D eigenvalue weighted by Crippen LogP contribution is 2.21. The second-order valence-corrected chi connectivity index (χ2v) is 5.33. The van der Waals surface area contributed by atoms with Crippen molar-refractivity contribution in [2.45, 2.75) is 20.8 Å². The lowest BCUT2D eigenvalue weighted by Crippen LogP contribution is -2.34. The van der Waals surface area contributed by atoms with Gasteiger partial charge in [0.15, 0.2) is 0 Å². The molecular weight excluding hydrogens is 280 g/mol. The summed E-state index contributed by atoms with van der Waals surface area (Å²) in [6, 6.07) is 5.33. The molecule has 0 aliphatic rings. The van der Waals surface area contributed by atoms with Gasteiger partial charge in [-0.15, -0.1) is 0 Å². The Morgan fingerprint density at radius 1 is 1.47 bits per heavy atom. The molecule has 3 nitrogen and oxygen atoms in total. The minimum atomic E-state index is 0.0420. The number of carbonyl (C=O) groups excluding carboxylic acids is 1. The molecule has 1 aromatic rings. The van der Waals surface area contributed by atoms with Crippen molar-refractivity contribution < 1.29 is 4.79 Å². The molecule has 0 unspecified atom stereocenters. The fourth-order valence-electron chi connectivity index (χ4n) is 1.66. The smallest absolute Gasteiger partial charge is 0.253 e. The monoisotopic (exact) mass is 298 g/mol. The topological polar surface area (TPSA) is 46.3 Å². The number of halogens is 1. The minimum Gasteiger partial charge on any atom is -0.398 e.